The monoisotopic (exact) mass is 360 g/mol. The number of hydrogen-bond acceptors (Lipinski definition) is 7. The third-order valence-electron chi connectivity index (χ3n) is 4.67. The lowest BCUT2D eigenvalue weighted by Crippen LogP contribution is -2.63. The van der Waals surface area contributed by atoms with E-state index in [1.54, 1.807) is 11.8 Å². The molecule has 0 amide bonds. The first-order chi connectivity index (χ1) is 12.1. The highest BCUT2D eigenvalue weighted by Crippen LogP contribution is 2.48. The Labute approximate surface area is 149 Å². The predicted molar refractivity (Wildman–Crippen MR) is 94.9 cm³/mol. The molecule has 6 nitrogen and oxygen atoms in total. The molecule has 1 saturated heterocycles. The zero-order valence-electron chi connectivity index (χ0n) is 13.4. The van der Waals surface area contributed by atoms with Crippen molar-refractivity contribution in [1.29, 1.82) is 0 Å². The molecule has 0 unspecified atom stereocenters. The molecule has 0 bridgehead atoms. The van der Waals surface area contributed by atoms with E-state index < -0.39 is 30.6 Å². The molecule has 132 valence electrons. The summed E-state index contributed by atoms with van der Waals surface area (Å²) >= 11 is 1.69. The standard InChI is InChI=1S/C18H20N2O4S/c19-15-16(21)12(24-18(23)17(15)22)9-20-10-5-1-3-7-13(10)25-14-8-4-2-6-11(14)20/h1-8,12,15-18,21-23H,9,19H2/t12-,15+,16-,17-,18+/m1/s1. The quantitative estimate of drug-likeness (QED) is 0.635. The van der Waals surface area contributed by atoms with E-state index in [0.717, 1.165) is 21.2 Å². The smallest absolute Gasteiger partial charge is 0.183 e. The van der Waals surface area contributed by atoms with Gasteiger partial charge in [-0.25, -0.2) is 0 Å². The minimum atomic E-state index is -1.41. The van der Waals surface area contributed by atoms with Crippen molar-refractivity contribution < 1.29 is 20.1 Å². The third-order valence-corrected chi connectivity index (χ3v) is 5.80. The number of rotatable bonds is 2. The normalized spacial score (nSPS) is 31.4. The van der Waals surface area contributed by atoms with Crippen LogP contribution in [0.2, 0.25) is 0 Å². The van der Waals surface area contributed by atoms with Gasteiger partial charge < -0.3 is 30.7 Å². The Kier molecular flexibility index (Phi) is 4.45. The highest BCUT2D eigenvalue weighted by molar-refractivity contribution is 7.99. The molecule has 2 heterocycles. The van der Waals surface area contributed by atoms with Crippen LogP contribution < -0.4 is 10.6 Å². The molecule has 0 aliphatic carbocycles. The number of benzene rings is 2. The van der Waals surface area contributed by atoms with Gasteiger partial charge in [0.15, 0.2) is 6.29 Å². The molecule has 0 spiro atoms. The van der Waals surface area contributed by atoms with Crippen LogP contribution in [0.3, 0.4) is 0 Å². The molecule has 0 saturated carbocycles. The summed E-state index contributed by atoms with van der Waals surface area (Å²) in [5, 5.41) is 30.0. The molecule has 5 atom stereocenters. The summed E-state index contributed by atoms with van der Waals surface area (Å²) in [5.74, 6) is 0. The highest BCUT2D eigenvalue weighted by Gasteiger charge is 2.43. The Bertz CT molecular complexity index is 729. The van der Waals surface area contributed by atoms with Crippen molar-refractivity contribution in [3.63, 3.8) is 0 Å². The van der Waals surface area contributed by atoms with Crippen LogP contribution >= 0.6 is 11.8 Å². The zero-order chi connectivity index (χ0) is 17.6. The first-order valence-corrected chi connectivity index (χ1v) is 8.96. The molecule has 2 aliphatic rings. The zero-order valence-corrected chi connectivity index (χ0v) is 14.2. The van der Waals surface area contributed by atoms with E-state index in [1.165, 1.54) is 0 Å². The molecule has 2 aliphatic heterocycles. The van der Waals surface area contributed by atoms with E-state index in [9.17, 15) is 15.3 Å². The van der Waals surface area contributed by atoms with Gasteiger partial charge in [0.25, 0.3) is 0 Å². The van der Waals surface area contributed by atoms with Crippen molar-refractivity contribution in [2.45, 2.75) is 40.4 Å². The lowest BCUT2D eigenvalue weighted by atomic mass is 9.96. The van der Waals surface area contributed by atoms with Gasteiger partial charge in [0.1, 0.15) is 12.2 Å². The lowest BCUT2D eigenvalue weighted by Gasteiger charge is -2.42. The fraction of sp³-hybridized carbons (Fsp3) is 0.333. The summed E-state index contributed by atoms with van der Waals surface area (Å²) in [6.45, 7) is 0.313. The average Bonchev–Trinajstić information content (AvgIpc) is 2.64. The summed E-state index contributed by atoms with van der Waals surface area (Å²) in [6.07, 6.45) is -4.51. The van der Waals surface area contributed by atoms with E-state index in [4.69, 9.17) is 10.5 Å². The predicted octanol–water partition coefficient (Wildman–Crippen LogP) is 1.06. The van der Waals surface area contributed by atoms with Gasteiger partial charge in [0, 0.05) is 9.79 Å². The Balaban J connectivity index is 1.68. The maximum atomic E-state index is 10.4. The second kappa shape index (κ2) is 6.60. The van der Waals surface area contributed by atoms with Gasteiger partial charge in [0.05, 0.1) is 30.1 Å². The topological polar surface area (TPSA) is 99.2 Å². The molecule has 5 N–H and O–H groups in total. The van der Waals surface area contributed by atoms with Crippen LogP contribution in [0.1, 0.15) is 0 Å². The van der Waals surface area contributed by atoms with Gasteiger partial charge in [0.2, 0.25) is 0 Å². The first-order valence-electron chi connectivity index (χ1n) is 8.15. The Hall–Kier alpha value is -1.61. The fourth-order valence-electron chi connectivity index (χ4n) is 3.29. The summed E-state index contributed by atoms with van der Waals surface area (Å²) < 4.78 is 5.44. The second-order valence-corrected chi connectivity index (χ2v) is 7.36. The van der Waals surface area contributed by atoms with E-state index in [-0.39, 0.29) is 0 Å². The van der Waals surface area contributed by atoms with Crippen LogP contribution in [-0.4, -0.2) is 52.5 Å². The number of nitrogens with two attached hydrogens (primary N) is 1. The molecule has 2 aromatic rings. The van der Waals surface area contributed by atoms with Gasteiger partial charge >= 0.3 is 0 Å². The van der Waals surface area contributed by atoms with E-state index in [0.29, 0.717) is 6.54 Å². The lowest BCUT2D eigenvalue weighted by molar-refractivity contribution is -0.249. The Morgan fingerprint density at radius 3 is 2.08 bits per heavy atom. The first kappa shape index (κ1) is 16.8. The van der Waals surface area contributed by atoms with E-state index in [1.807, 2.05) is 48.5 Å². The van der Waals surface area contributed by atoms with Crippen LogP contribution in [0.25, 0.3) is 0 Å². The number of hydrogen-bond donors (Lipinski definition) is 4. The number of anilines is 2. The van der Waals surface area contributed by atoms with Crippen LogP contribution in [-0.2, 0) is 4.74 Å². The van der Waals surface area contributed by atoms with Gasteiger partial charge in [-0.15, -0.1) is 0 Å². The Morgan fingerprint density at radius 2 is 1.48 bits per heavy atom. The average molecular weight is 360 g/mol. The van der Waals surface area contributed by atoms with Crippen molar-refractivity contribution in [3.8, 4) is 0 Å². The van der Waals surface area contributed by atoms with Crippen LogP contribution in [0.15, 0.2) is 58.3 Å². The van der Waals surface area contributed by atoms with E-state index >= 15 is 0 Å². The second-order valence-electron chi connectivity index (χ2n) is 6.27. The van der Waals surface area contributed by atoms with Gasteiger partial charge in [-0.1, -0.05) is 36.0 Å². The molecular formula is C18H20N2O4S. The third kappa shape index (κ3) is 2.93. The number of nitrogens with zero attached hydrogens (tertiary/aromatic N) is 1. The van der Waals surface area contributed by atoms with Crippen molar-refractivity contribution in [3.05, 3.63) is 48.5 Å². The summed E-state index contributed by atoms with van der Waals surface area (Å²) in [7, 11) is 0. The maximum Gasteiger partial charge on any atom is 0.183 e. The van der Waals surface area contributed by atoms with E-state index in [2.05, 4.69) is 4.90 Å². The molecular weight excluding hydrogens is 340 g/mol. The van der Waals surface area contributed by atoms with Crippen molar-refractivity contribution in [1.82, 2.24) is 0 Å². The molecule has 2 aromatic carbocycles. The number of ether oxygens (including phenoxy) is 1. The summed E-state index contributed by atoms with van der Waals surface area (Å²) in [6, 6.07) is 15.1. The number of para-hydroxylation sites is 2. The van der Waals surface area contributed by atoms with Gasteiger partial charge in [-0.3, -0.25) is 0 Å². The molecule has 25 heavy (non-hydrogen) atoms. The minimum Gasteiger partial charge on any atom is -0.389 e. The van der Waals surface area contributed by atoms with Crippen LogP contribution in [0, 0.1) is 0 Å². The molecule has 4 rings (SSSR count). The highest BCUT2D eigenvalue weighted by atomic mass is 32.2. The SMILES string of the molecule is N[C@@H]1[C@@H](O)[C@@H](O)O[C@H](CN2c3ccccc3Sc3ccccc32)[C@H]1O. The Morgan fingerprint density at radius 1 is 0.920 bits per heavy atom. The van der Waals surface area contributed by atoms with Crippen molar-refractivity contribution in [2.24, 2.45) is 5.73 Å². The molecule has 1 fully saturated rings. The summed E-state index contributed by atoms with van der Waals surface area (Å²) in [5.41, 5.74) is 7.86. The van der Waals surface area contributed by atoms with Gasteiger partial charge in [-0.2, -0.15) is 0 Å². The molecule has 0 radical (unpaired) electrons. The molecule has 7 heteroatoms. The minimum absolute atomic E-state index is 0.313. The van der Waals surface area contributed by atoms with Crippen LogP contribution in [0.4, 0.5) is 11.4 Å². The van der Waals surface area contributed by atoms with Crippen LogP contribution in [0.5, 0.6) is 0 Å². The largest absolute Gasteiger partial charge is 0.389 e. The number of aliphatic hydroxyl groups excluding tert-OH is 3. The summed E-state index contributed by atoms with van der Waals surface area (Å²) in [4.78, 5) is 4.28. The molecule has 0 aromatic heterocycles. The van der Waals surface area contributed by atoms with Crippen molar-refractivity contribution in [2.75, 3.05) is 11.4 Å². The van der Waals surface area contributed by atoms with Crippen molar-refractivity contribution >= 4 is 23.1 Å². The number of fused-ring (bicyclic) bond motifs is 2. The maximum absolute atomic E-state index is 10.4. The van der Waals surface area contributed by atoms with Gasteiger partial charge in [-0.05, 0) is 24.3 Å². The fourth-order valence-corrected chi connectivity index (χ4v) is 4.38. The number of aliphatic hydroxyl groups is 3.